The van der Waals surface area contributed by atoms with E-state index in [0.29, 0.717) is 12.2 Å². The number of nitrogens with zero attached hydrogens (tertiary/aromatic N) is 1. The van der Waals surface area contributed by atoms with Crippen LogP contribution in [0.3, 0.4) is 0 Å². The van der Waals surface area contributed by atoms with Gasteiger partial charge in [-0.25, -0.2) is 5.43 Å². The van der Waals surface area contributed by atoms with Gasteiger partial charge in [0, 0.05) is 11.1 Å². The Morgan fingerprint density at radius 3 is 2.42 bits per heavy atom. The Morgan fingerprint density at radius 1 is 0.879 bits per heavy atom. The molecule has 0 radical (unpaired) electrons. The number of rotatable bonds is 8. The number of nitrogens with one attached hydrogen (secondary N) is 1. The first-order valence-electron chi connectivity index (χ1n) is 10.6. The van der Waals surface area contributed by atoms with Crippen LogP contribution in [0, 0.1) is 0 Å². The summed E-state index contributed by atoms with van der Waals surface area (Å²) in [7, 11) is 1.61. The Hall–Kier alpha value is -4.38. The highest BCUT2D eigenvalue weighted by molar-refractivity contribution is 5.94. The molecule has 0 aliphatic heterocycles. The minimum absolute atomic E-state index is 0.281. The van der Waals surface area contributed by atoms with E-state index in [-0.39, 0.29) is 5.91 Å². The predicted octanol–water partition coefficient (Wildman–Crippen LogP) is 5.71. The number of para-hydroxylation sites is 1. The molecule has 1 N–H and O–H groups in total. The zero-order chi connectivity index (χ0) is 22.9. The van der Waals surface area contributed by atoms with Crippen molar-refractivity contribution in [2.45, 2.75) is 6.61 Å². The first kappa shape index (κ1) is 21.8. The zero-order valence-electron chi connectivity index (χ0n) is 18.3. The normalized spacial score (nSPS) is 10.7. The number of hydrogen-bond acceptors (Lipinski definition) is 4. The van der Waals surface area contributed by atoms with E-state index in [4.69, 9.17) is 9.47 Å². The van der Waals surface area contributed by atoms with Crippen LogP contribution in [0.2, 0.25) is 0 Å². The van der Waals surface area contributed by atoms with Gasteiger partial charge < -0.3 is 9.47 Å². The van der Waals surface area contributed by atoms with E-state index in [1.807, 2.05) is 78.9 Å². The number of amides is 1. The molecule has 0 atom stereocenters. The first-order chi connectivity index (χ1) is 16.2. The highest BCUT2D eigenvalue weighted by Gasteiger charge is 2.07. The Balaban J connectivity index is 1.35. The lowest BCUT2D eigenvalue weighted by Crippen LogP contribution is -2.17. The van der Waals surface area contributed by atoms with Gasteiger partial charge in [-0.3, -0.25) is 4.79 Å². The SMILES string of the molecule is COc1cccc(C=NNC(=O)c2ccc(COc3ccccc3-c3ccccc3)cc2)c1. The number of carbonyl (C=O) groups is 1. The van der Waals surface area contributed by atoms with Crippen molar-refractivity contribution in [3.8, 4) is 22.6 Å². The molecule has 0 aromatic heterocycles. The summed E-state index contributed by atoms with van der Waals surface area (Å²) < 4.78 is 11.3. The molecule has 0 fully saturated rings. The van der Waals surface area contributed by atoms with E-state index in [0.717, 1.165) is 33.8 Å². The summed E-state index contributed by atoms with van der Waals surface area (Å²) in [5.74, 6) is 1.27. The molecule has 1 amide bonds. The van der Waals surface area contributed by atoms with Crippen LogP contribution in [0.25, 0.3) is 11.1 Å². The van der Waals surface area contributed by atoms with E-state index in [2.05, 4.69) is 22.7 Å². The highest BCUT2D eigenvalue weighted by atomic mass is 16.5. The van der Waals surface area contributed by atoms with Gasteiger partial charge >= 0.3 is 0 Å². The van der Waals surface area contributed by atoms with E-state index < -0.39 is 0 Å². The number of ether oxygens (including phenoxy) is 2. The molecular formula is C28H24N2O3. The maximum atomic E-state index is 12.4. The van der Waals surface area contributed by atoms with Crippen molar-refractivity contribution >= 4 is 12.1 Å². The smallest absolute Gasteiger partial charge is 0.271 e. The third-order valence-corrected chi connectivity index (χ3v) is 5.06. The van der Waals surface area contributed by atoms with Crippen molar-refractivity contribution in [1.29, 1.82) is 0 Å². The molecule has 0 heterocycles. The van der Waals surface area contributed by atoms with Crippen molar-refractivity contribution in [1.82, 2.24) is 5.43 Å². The van der Waals surface area contributed by atoms with Gasteiger partial charge in [-0.15, -0.1) is 0 Å². The van der Waals surface area contributed by atoms with Crippen molar-refractivity contribution in [2.75, 3.05) is 7.11 Å². The summed E-state index contributed by atoms with van der Waals surface area (Å²) in [4.78, 5) is 12.4. The Kier molecular flexibility index (Phi) is 7.13. The topological polar surface area (TPSA) is 59.9 Å². The van der Waals surface area contributed by atoms with Crippen molar-refractivity contribution in [3.63, 3.8) is 0 Å². The Morgan fingerprint density at radius 2 is 1.64 bits per heavy atom. The van der Waals surface area contributed by atoms with Gasteiger partial charge in [0.25, 0.3) is 5.91 Å². The van der Waals surface area contributed by atoms with Crippen LogP contribution < -0.4 is 14.9 Å². The van der Waals surface area contributed by atoms with Crippen LogP contribution in [-0.2, 0) is 6.61 Å². The Bertz CT molecular complexity index is 1240. The molecular weight excluding hydrogens is 412 g/mol. The molecule has 4 rings (SSSR count). The van der Waals surface area contributed by atoms with Crippen LogP contribution >= 0.6 is 0 Å². The molecule has 0 bridgehead atoms. The summed E-state index contributed by atoms with van der Waals surface area (Å²) in [5, 5.41) is 4.03. The molecule has 0 saturated heterocycles. The summed E-state index contributed by atoms with van der Waals surface area (Å²) >= 11 is 0. The van der Waals surface area contributed by atoms with E-state index in [1.54, 1.807) is 25.5 Å². The van der Waals surface area contributed by atoms with Crippen LogP contribution in [-0.4, -0.2) is 19.2 Å². The van der Waals surface area contributed by atoms with Gasteiger partial charge in [-0.1, -0.05) is 72.8 Å². The summed E-state index contributed by atoms with van der Waals surface area (Å²) in [6, 6.07) is 32.8. The van der Waals surface area contributed by atoms with Gasteiger partial charge in [-0.05, 0) is 47.0 Å². The third-order valence-electron chi connectivity index (χ3n) is 5.06. The summed E-state index contributed by atoms with van der Waals surface area (Å²) in [6.45, 7) is 0.403. The summed E-state index contributed by atoms with van der Waals surface area (Å²) in [6.07, 6.45) is 1.58. The molecule has 0 spiro atoms. The molecule has 5 heteroatoms. The van der Waals surface area contributed by atoms with E-state index >= 15 is 0 Å². The van der Waals surface area contributed by atoms with Gasteiger partial charge in [0.2, 0.25) is 0 Å². The Labute approximate surface area is 193 Å². The van der Waals surface area contributed by atoms with Crippen molar-refractivity contribution in [2.24, 2.45) is 5.10 Å². The maximum Gasteiger partial charge on any atom is 0.271 e. The van der Waals surface area contributed by atoms with Crippen LogP contribution in [0.5, 0.6) is 11.5 Å². The fourth-order valence-corrected chi connectivity index (χ4v) is 3.31. The van der Waals surface area contributed by atoms with Gasteiger partial charge in [0.1, 0.15) is 18.1 Å². The van der Waals surface area contributed by atoms with E-state index in [1.165, 1.54) is 0 Å². The predicted molar refractivity (Wildman–Crippen MR) is 131 cm³/mol. The number of methoxy groups -OCH3 is 1. The largest absolute Gasteiger partial charge is 0.497 e. The minimum Gasteiger partial charge on any atom is -0.497 e. The van der Waals surface area contributed by atoms with Crippen LogP contribution in [0.15, 0.2) is 108 Å². The lowest BCUT2D eigenvalue weighted by atomic mass is 10.0. The first-order valence-corrected chi connectivity index (χ1v) is 10.6. The molecule has 164 valence electrons. The summed E-state index contributed by atoms with van der Waals surface area (Å²) in [5.41, 5.74) is 7.01. The quantitative estimate of drug-likeness (QED) is 0.284. The number of hydrazone groups is 1. The fourth-order valence-electron chi connectivity index (χ4n) is 3.31. The lowest BCUT2D eigenvalue weighted by molar-refractivity contribution is 0.0955. The van der Waals surface area contributed by atoms with Gasteiger partial charge in [0.15, 0.2) is 0 Å². The molecule has 0 aliphatic carbocycles. The molecule has 4 aromatic carbocycles. The van der Waals surface area contributed by atoms with E-state index in [9.17, 15) is 4.79 Å². The second kappa shape index (κ2) is 10.8. The molecule has 0 aliphatic rings. The van der Waals surface area contributed by atoms with Crippen molar-refractivity contribution in [3.05, 3.63) is 120 Å². The molecule has 0 unspecified atom stereocenters. The van der Waals surface area contributed by atoms with Crippen LogP contribution in [0.4, 0.5) is 0 Å². The fraction of sp³-hybridized carbons (Fsp3) is 0.0714. The average molecular weight is 437 g/mol. The number of hydrogen-bond donors (Lipinski definition) is 1. The second-order valence-corrected chi connectivity index (χ2v) is 7.32. The minimum atomic E-state index is -0.281. The zero-order valence-corrected chi connectivity index (χ0v) is 18.3. The maximum absolute atomic E-state index is 12.4. The highest BCUT2D eigenvalue weighted by Crippen LogP contribution is 2.30. The van der Waals surface area contributed by atoms with Gasteiger partial charge in [0.05, 0.1) is 13.3 Å². The van der Waals surface area contributed by atoms with Gasteiger partial charge in [-0.2, -0.15) is 5.10 Å². The average Bonchev–Trinajstić information content (AvgIpc) is 2.88. The standard InChI is InChI=1S/C28H24N2O3/c1-32-25-11-7-8-22(18-25)19-29-30-28(31)24-16-14-21(15-17-24)20-33-27-13-6-5-12-26(27)23-9-3-2-4-10-23/h2-19H,20H2,1H3,(H,30,31). The van der Waals surface area contributed by atoms with Crippen molar-refractivity contribution < 1.29 is 14.3 Å². The second-order valence-electron chi connectivity index (χ2n) is 7.32. The lowest BCUT2D eigenvalue weighted by Gasteiger charge is -2.12. The number of carbonyl (C=O) groups excluding carboxylic acids is 1. The third kappa shape index (κ3) is 5.86. The molecule has 0 saturated carbocycles. The number of benzene rings is 4. The molecule has 5 nitrogen and oxygen atoms in total. The molecule has 4 aromatic rings. The molecule has 33 heavy (non-hydrogen) atoms. The van der Waals surface area contributed by atoms with Crippen LogP contribution in [0.1, 0.15) is 21.5 Å². The monoisotopic (exact) mass is 436 g/mol.